The molecule has 0 saturated carbocycles. The molecule has 0 aromatic rings. The van der Waals surface area contributed by atoms with E-state index in [2.05, 4.69) is 26.2 Å². The molecule has 0 aliphatic heterocycles. The van der Waals surface area contributed by atoms with E-state index in [1.165, 1.54) is 70.6 Å². The lowest BCUT2D eigenvalue weighted by molar-refractivity contribution is 0.502. The van der Waals surface area contributed by atoms with Gasteiger partial charge in [0.2, 0.25) is 0 Å². The fourth-order valence-electron chi connectivity index (χ4n) is 2.19. The van der Waals surface area contributed by atoms with Crippen molar-refractivity contribution < 1.29 is 0 Å². The van der Waals surface area contributed by atoms with Gasteiger partial charge in [-0.2, -0.15) is 0 Å². The van der Waals surface area contributed by atoms with Crippen LogP contribution in [0.25, 0.3) is 0 Å². The number of hydrogen-bond donors (Lipinski definition) is 1. The Morgan fingerprint density at radius 1 is 0.765 bits per heavy atom. The Morgan fingerprint density at radius 2 is 1.18 bits per heavy atom. The molecule has 0 saturated heterocycles. The number of hydrogen-bond acceptors (Lipinski definition) is 1. The van der Waals surface area contributed by atoms with Crippen molar-refractivity contribution in [2.24, 2.45) is 0 Å². The van der Waals surface area contributed by atoms with Crippen LogP contribution in [0.2, 0.25) is 0 Å². The Kier molecular flexibility index (Phi) is 14.0. The van der Waals surface area contributed by atoms with Gasteiger partial charge in [-0.1, -0.05) is 77.6 Å². The van der Waals surface area contributed by atoms with E-state index in [4.69, 9.17) is 0 Å². The largest absolute Gasteiger partial charge is 0.317 e. The molecule has 1 unspecified atom stereocenters. The summed E-state index contributed by atoms with van der Waals surface area (Å²) in [6, 6.07) is 0.697. The summed E-state index contributed by atoms with van der Waals surface area (Å²) in [5, 5.41) is 3.30. The molecule has 0 aromatic heterocycles. The van der Waals surface area contributed by atoms with E-state index in [9.17, 15) is 0 Å². The standard InChI is InChI=1S/C16H34N/c1-4-5-6-7-8-9-10-11-12-13-14-15-16(2)17-3/h16-17H,1,4-15H2,2-3H3. The van der Waals surface area contributed by atoms with Gasteiger partial charge in [0.15, 0.2) is 0 Å². The minimum absolute atomic E-state index is 0.697. The fraction of sp³-hybridized carbons (Fsp3) is 0.938. The highest BCUT2D eigenvalue weighted by Gasteiger charge is 1.97. The third-order valence-electron chi connectivity index (χ3n) is 3.63. The molecule has 0 aliphatic rings. The Morgan fingerprint density at radius 3 is 1.59 bits per heavy atom. The normalized spacial score (nSPS) is 12.9. The van der Waals surface area contributed by atoms with Crippen LogP contribution in [0.4, 0.5) is 0 Å². The predicted octanol–water partition coefficient (Wildman–Crippen LogP) is 5.11. The number of rotatable bonds is 13. The average Bonchev–Trinajstić information content (AvgIpc) is 2.35. The van der Waals surface area contributed by atoms with E-state index in [-0.39, 0.29) is 0 Å². The van der Waals surface area contributed by atoms with Crippen molar-refractivity contribution in [2.75, 3.05) is 7.05 Å². The van der Waals surface area contributed by atoms with Crippen molar-refractivity contribution >= 4 is 0 Å². The molecule has 103 valence electrons. The lowest BCUT2D eigenvalue weighted by Crippen LogP contribution is -2.20. The molecular formula is C16H34N. The van der Waals surface area contributed by atoms with Crippen molar-refractivity contribution in [2.45, 2.75) is 90.0 Å². The molecule has 17 heavy (non-hydrogen) atoms. The van der Waals surface area contributed by atoms with Crippen molar-refractivity contribution in [3.63, 3.8) is 0 Å². The van der Waals surface area contributed by atoms with Crippen LogP contribution >= 0.6 is 0 Å². The smallest absolute Gasteiger partial charge is 0.00357 e. The summed E-state index contributed by atoms with van der Waals surface area (Å²) in [6.07, 6.45) is 16.6. The maximum atomic E-state index is 3.88. The summed E-state index contributed by atoms with van der Waals surface area (Å²) in [7, 11) is 2.05. The lowest BCUT2D eigenvalue weighted by atomic mass is 10.0. The first-order chi connectivity index (χ1) is 8.31. The van der Waals surface area contributed by atoms with Crippen LogP contribution in [0.1, 0.15) is 84.0 Å². The van der Waals surface area contributed by atoms with Gasteiger partial charge in [-0.3, -0.25) is 0 Å². The Hall–Kier alpha value is -0.0400. The summed E-state index contributed by atoms with van der Waals surface area (Å²) in [5.41, 5.74) is 0. The summed E-state index contributed by atoms with van der Waals surface area (Å²) < 4.78 is 0. The average molecular weight is 240 g/mol. The minimum Gasteiger partial charge on any atom is -0.317 e. The molecule has 0 aliphatic carbocycles. The topological polar surface area (TPSA) is 12.0 Å². The van der Waals surface area contributed by atoms with Gasteiger partial charge in [-0.05, 0) is 20.4 Å². The SMILES string of the molecule is [CH2]CCCCCCCCCCCCC(C)NC. The Bertz CT molecular complexity index is 133. The summed E-state index contributed by atoms with van der Waals surface area (Å²) in [4.78, 5) is 0. The Balaban J connectivity index is 2.94. The van der Waals surface area contributed by atoms with Gasteiger partial charge in [0.05, 0.1) is 0 Å². The van der Waals surface area contributed by atoms with Crippen LogP contribution in [0, 0.1) is 6.92 Å². The molecule has 1 nitrogen and oxygen atoms in total. The van der Waals surface area contributed by atoms with Crippen LogP contribution in [-0.2, 0) is 0 Å². The van der Waals surface area contributed by atoms with Gasteiger partial charge < -0.3 is 5.32 Å². The highest BCUT2D eigenvalue weighted by atomic mass is 14.8. The monoisotopic (exact) mass is 240 g/mol. The van der Waals surface area contributed by atoms with E-state index >= 15 is 0 Å². The van der Waals surface area contributed by atoms with E-state index in [0.29, 0.717) is 6.04 Å². The molecule has 0 heterocycles. The van der Waals surface area contributed by atoms with Crippen molar-refractivity contribution in [3.8, 4) is 0 Å². The quantitative estimate of drug-likeness (QED) is 0.441. The third kappa shape index (κ3) is 13.9. The van der Waals surface area contributed by atoms with Crippen LogP contribution in [0.3, 0.4) is 0 Å². The van der Waals surface area contributed by atoms with Crippen molar-refractivity contribution in [1.82, 2.24) is 5.32 Å². The zero-order valence-corrected chi connectivity index (χ0v) is 12.3. The minimum atomic E-state index is 0.697. The maximum Gasteiger partial charge on any atom is 0.00357 e. The molecule has 0 fully saturated rings. The molecule has 0 bridgehead atoms. The zero-order valence-electron chi connectivity index (χ0n) is 12.3. The molecular weight excluding hydrogens is 206 g/mol. The zero-order chi connectivity index (χ0) is 12.8. The van der Waals surface area contributed by atoms with E-state index in [1.807, 2.05) is 0 Å². The van der Waals surface area contributed by atoms with Crippen LogP contribution < -0.4 is 5.32 Å². The second kappa shape index (κ2) is 14.0. The first-order valence-electron chi connectivity index (χ1n) is 7.77. The van der Waals surface area contributed by atoms with Crippen LogP contribution in [0.15, 0.2) is 0 Å². The fourth-order valence-corrected chi connectivity index (χ4v) is 2.19. The Labute approximate surface area is 110 Å². The highest BCUT2D eigenvalue weighted by Crippen LogP contribution is 2.12. The summed E-state index contributed by atoms with van der Waals surface area (Å²) >= 11 is 0. The molecule has 0 rings (SSSR count). The second-order valence-electron chi connectivity index (χ2n) is 5.37. The predicted molar refractivity (Wildman–Crippen MR) is 79.3 cm³/mol. The van der Waals surface area contributed by atoms with Crippen molar-refractivity contribution in [1.29, 1.82) is 0 Å². The lowest BCUT2D eigenvalue weighted by Gasteiger charge is -2.09. The van der Waals surface area contributed by atoms with Gasteiger partial charge in [-0.15, -0.1) is 0 Å². The molecule has 1 N–H and O–H groups in total. The van der Waals surface area contributed by atoms with E-state index in [1.54, 1.807) is 0 Å². The second-order valence-corrected chi connectivity index (χ2v) is 5.37. The van der Waals surface area contributed by atoms with Gasteiger partial charge in [0.25, 0.3) is 0 Å². The summed E-state index contributed by atoms with van der Waals surface area (Å²) in [5.74, 6) is 0. The number of nitrogens with one attached hydrogen (secondary N) is 1. The van der Waals surface area contributed by atoms with Gasteiger partial charge in [0.1, 0.15) is 0 Å². The third-order valence-corrected chi connectivity index (χ3v) is 3.63. The van der Waals surface area contributed by atoms with Gasteiger partial charge in [0, 0.05) is 6.04 Å². The van der Waals surface area contributed by atoms with Gasteiger partial charge in [-0.25, -0.2) is 0 Å². The van der Waals surface area contributed by atoms with Crippen molar-refractivity contribution in [3.05, 3.63) is 6.92 Å². The van der Waals surface area contributed by atoms with Gasteiger partial charge >= 0.3 is 0 Å². The number of unbranched alkanes of at least 4 members (excludes halogenated alkanes) is 10. The van der Waals surface area contributed by atoms with E-state index < -0.39 is 0 Å². The van der Waals surface area contributed by atoms with Crippen LogP contribution in [0.5, 0.6) is 0 Å². The molecule has 0 amide bonds. The van der Waals surface area contributed by atoms with E-state index in [0.717, 1.165) is 6.42 Å². The molecule has 1 atom stereocenters. The maximum absolute atomic E-state index is 3.88. The summed E-state index contributed by atoms with van der Waals surface area (Å²) in [6.45, 7) is 6.15. The molecule has 1 radical (unpaired) electrons. The first kappa shape index (κ1) is 17.0. The highest BCUT2D eigenvalue weighted by molar-refractivity contribution is 4.57. The molecule has 0 aromatic carbocycles. The molecule has 1 heteroatoms. The van der Waals surface area contributed by atoms with Crippen LogP contribution in [-0.4, -0.2) is 13.1 Å². The molecule has 0 spiro atoms. The first-order valence-corrected chi connectivity index (χ1v) is 7.77.